The van der Waals surface area contributed by atoms with E-state index in [1.165, 1.54) is 42.5 Å². The van der Waals surface area contributed by atoms with Gasteiger partial charge in [-0.1, -0.05) is 23.2 Å². The Morgan fingerprint density at radius 2 is 1.81 bits per heavy atom. The van der Waals surface area contributed by atoms with E-state index in [4.69, 9.17) is 32.7 Å². The quantitative estimate of drug-likeness (QED) is 0.352. The summed E-state index contributed by atoms with van der Waals surface area (Å²) in [6.45, 7) is 1.63. The average Bonchev–Trinajstić information content (AvgIpc) is 3.20. The molecule has 0 aliphatic carbocycles. The molecule has 3 aromatic rings. The number of nitrogens with one attached hydrogen (secondary N) is 1. The maximum atomic E-state index is 13.0. The van der Waals surface area contributed by atoms with Gasteiger partial charge in [0.05, 0.1) is 21.2 Å². The zero-order chi connectivity index (χ0) is 26.1. The van der Waals surface area contributed by atoms with Crippen LogP contribution in [0.2, 0.25) is 10.2 Å². The van der Waals surface area contributed by atoms with E-state index in [2.05, 4.69) is 14.6 Å². The molecule has 0 amide bonds. The number of halogens is 5. The Kier molecular flexibility index (Phi) is 7.56. The second-order valence-corrected chi connectivity index (χ2v) is 10.6. The van der Waals surface area contributed by atoms with E-state index in [9.17, 15) is 21.6 Å². The number of likely N-dealkylation sites (tertiary alicyclic amines) is 1. The van der Waals surface area contributed by atoms with Gasteiger partial charge in [0, 0.05) is 25.2 Å². The van der Waals surface area contributed by atoms with Gasteiger partial charge in [-0.25, -0.2) is 13.4 Å². The number of pyridine rings is 1. The van der Waals surface area contributed by atoms with Crippen LogP contribution in [0.1, 0.15) is 12.0 Å². The SMILES string of the molecule is CN1CC[C@@H](Oc2cc(NS(=O)(=O)c3ccc(Oc4cc(C(F)(F)F)cc(Cl)n4)cc3)ccc2Cl)C1. The second kappa shape index (κ2) is 10.3. The van der Waals surface area contributed by atoms with E-state index in [1.807, 2.05) is 7.05 Å². The lowest BCUT2D eigenvalue weighted by Crippen LogP contribution is -2.21. The number of rotatable bonds is 7. The third-order valence-corrected chi connectivity index (χ3v) is 7.18. The third-order valence-electron chi connectivity index (χ3n) is 5.28. The van der Waals surface area contributed by atoms with Crippen molar-refractivity contribution in [3.63, 3.8) is 0 Å². The number of hydrogen-bond acceptors (Lipinski definition) is 6. The lowest BCUT2D eigenvalue weighted by Gasteiger charge is -2.16. The number of nitrogens with zero attached hydrogens (tertiary/aromatic N) is 2. The summed E-state index contributed by atoms with van der Waals surface area (Å²) in [6, 6.07) is 11.0. The average molecular weight is 562 g/mol. The molecule has 2 heterocycles. The Hall–Kier alpha value is -2.73. The molecule has 2 aromatic carbocycles. The molecule has 1 N–H and O–H groups in total. The van der Waals surface area contributed by atoms with Crippen molar-refractivity contribution in [1.82, 2.24) is 9.88 Å². The summed E-state index contributed by atoms with van der Waals surface area (Å²) in [4.78, 5) is 5.74. The first-order chi connectivity index (χ1) is 16.9. The minimum Gasteiger partial charge on any atom is -0.487 e. The van der Waals surface area contributed by atoms with Crippen LogP contribution in [0.3, 0.4) is 0 Å². The minimum atomic E-state index is -4.63. The van der Waals surface area contributed by atoms with E-state index in [0.717, 1.165) is 19.5 Å². The van der Waals surface area contributed by atoms with Gasteiger partial charge in [0.2, 0.25) is 5.88 Å². The molecule has 1 aliphatic heterocycles. The molecule has 1 saturated heterocycles. The van der Waals surface area contributed by atoms with E-state index in [0.29, 0.717) is 22.9 Å². The number of hydrogen-bond donors (Lipinski definition) is 1. The lowest BCUT2D eigenvalue weighted by atomic mass is 10.2. The molecule has 0 spiro atoms. The van der Waals surface area contributed by atoms with Gasteiger partial charge < -0.3 is 14.4 Å². The van der Waals surface area contributed by atoms with Gasteiger partial charge >= 0.3 is 6.18 Å². The van der Waals surface area contributed by atoms with Crippen LogP contribution >= 0.6 is 23.2 Å². The van der Waals surface area contributed by atoms with Crippen LogP contribution < -0.4 is 14.2 Å². The third kappa shape index (κ3) is 6.52. The molecule has 0 saturated carbocycles. The molecule has 36 heavy (non-hydrogen) atoms. The number of ether oxygens (including phenoxy) is 2. The number of aromatic nitrogens is 1. The van der Waals surface area contributed by atoms with E-state index in [1.54, 1.807) is 0 Å². The Labute approximate surface area is 215 Å². The smallest absolute Gasteiger partial charge is 0.416 e. The summed E-state index contributed by atoms with van der Waals surface area (Å²) < 4.78 is 78.4. The fraction of sp³-hybridized carbons (Fsp3) is 0.261. The van der Waals surface area contributed by atoms with Crippen molar-refractivity contribution in [1.29, 1.82) is 0 Å². The number of anilines is 1. The lowest BCUT2D eigenvalue weighted by molar-refractivity contribution is -0.137. The molecule has 13 heteroatoms. The van der Waals surface area contributed by atoms with E-state index in [-0.39, 0.29) is 28.3 Å². The van der Waals surface area contributed by atoms with E-state index < -0.39 is 26.9 Å². The minimum absolute atomic E-state index is 0.0481. The predicted molar refractivity (Wildman–Crippen MR) is 130 cm³/mol. The number of likely N-dealkylation sites (N-methyl/N-ethyl adjacent to an activating group) is 1. The van der Waals surface area contributed by atoms with Crippen LogP contribution in [0.4, 0.5) is 18.9 Å². The van der Waals surface area contributed by atoms with Gasteiger partial charge in [-0.3, -0.25) is 4.72 Å². The van der Waals surface area contributed by atoms with Crippen LogP contribution in [0, 0.1) is 0 Å². The summed E-state index contributed by atoms with van der Waals surface area (Å²) in [6.07, 6.45) is -3.85. The van der Waals surface area contributed by atoms with Gasteiger partial charge in [0.1, 0.15) is 22.8 Å². The van der Waals surface area contributed by atoms with Crippen LogP contribution in [0.25, 0.3) is 0 Å². The van der Waals surface area contributed by atoms with Crippen molar-refractivity contribution < 1.29 is 31.1 Å². The molecule has 7 nitrogen and oxygen atoms in total. The predicted octanol–water partition coefficient (Wildman–Crippen LogP) is 6.08. The van der Waals surface area contributed by atoms with Crippen LogP contribution in [0.5, 0.6) is 17.4 Å². The molecule has 1 aromatic heterocycles. The van der Waals surface area contributed by atoms with E-state index >= 15 is 0 Å². The zero-order valence-electron chi connectivity index (χ0n) is 18.7. The highest BCUT2D eigenvalue weighted by Gasteiger charge is 2.32. The Morgan fingerprint density at radius 1 is 1.08 bits per heavy atom. The second-order valence-electron chi connectivity index (χ2n) is 8.13. The topological polar surface area (TPSA) is 80.8 Å². The summed E-state index contributed by atoms with van der Waals surface area (Å²) in [5.41, 5.74) is -0.768. The molecule has 1 fully saturated rings. The highest BCUT2D eigenvalue weighted by atomic mass is 35.5. The molecule has 4 rings (SSSR count). The van der Waals surface area contributed by atoms with Crippen LogP contribution in [-0.4, -0.2) is 44.5 Å². The summed E-state index contributed by atoms with van der Waals surface area (Å²) in [5, 5.41) is -0.0354. The monoisotopic (exact) mass is 561 g/mol. The summed E-state index contributed by atoms with van der Waals surface area (Å²) >= 11 is 11.9. The van der Waals surface area contributed by atoms with Gasteiger partial charge in [0.15, 0.2) is 0 Å². The molecule has 0 radical (unpaired) electrons. The van der Waals surface area contributed by atoms with Crippen LogP contribution in [0.15, 0.2) is 59.5 Å². The van der Waals surface area contributed by atoms with Gasteiger partial charge in [-0.15, -0.1) is 0 Å². The zero-order valence-corrected chi connectivity index (χ0v) is 21.0. The Morgan fingerprint density at radius 3 is 2.44 bits per heavy atom. The first-order valence-electron chi connectivity index (χ1n) is 10.6. The molecule has 1 atom stereocenters. The molecule has 0 bridgehead atoms. The summed E-state index contributed by atoms with van der Waals surface area (Å²) in [7, 11) is -2.02. The normalized spacial score (nSPS) is 16.7. The highest BCUT2D eigenvalue weighted by Crippen LogP contribution is 2.34. The fourth-order valence-corrected chi connectivity index (χ4v) is 4.95. The van der Waals surface area contributed by atoms with Crippen molar-refractivity contribution in [3.8, 4) is 17.4 Å². The van der Waals surface area contributed by atoms with Gasteiger partial charge in [0.25, 0.3) is 10.0 Å². The largest absolute Gasteiger partial charge is 0.487 e. The maximum absolute atomic E-state index is 13.0. The van der Waals surface area contributed by atoms with Crippen molar-refractivity contribution in [2.75, 3.05) is 24.9 Å². The molecule has 192 valence electrons. The van der Waals surface area contributed by atoms with Gasteiger partial charge in [-0.2, -0.15) is 13.2 Å². The first-order valence-corrected chi connectivity index (χ1v) is 12.8. The molecular weight excluding hydrogens is 542 g/mol. The fourth-order valence-electron chi connectivity index (χ4n) is 3.54. The number of sulfonamides is 1. The molecular formula is C23H20Cl2F3N3O4S. The highest BCUT2D eigenvalue weighted by molar-refractivity contribution is 7.92. The van der Waals surface area contributed by atoms with Crippen molar-refractivity contribution in [2.24, 2.45) is 0 Å². The maximum Gasteiger partial charge on any atom is 0.416 e. The number of benzene rings is 2. The molecule has 1 aliphatic rings. The van der Waals surface area contributed by atoms with Crippen molar-refractivity contribution in [2.45, 2.75) is 23.6 Å². The number of alkyl halides is 3. The molecule has 0 unspecified atom stereocenters. The summed E-state index contributed by atoms with van der Waals surface area (Å²) in [5.74, 6) is 0.0550. The standard InChI is InChI=1S/C23H20Cl2F3N3O4S/c1-31-9-8-17(13-31)34-20-12-15(2-7-19(20)24)30-36(32,33)18-5-3-16(4-6-18)35-22-11-14(23(26,27)28)10-21(25)29-22/h2-7,10-12,17,30H,8-9,13H2,1H3/t17-/m1/s1. The van der Waals surface area contributed by atoms with Gasteiger partial charge in [-0.05, 0) is 55.9 Å². The van der Waals surface area contributed by atoms with Crippen LogP contribution in [-0.2, 0) is 16.2 Å². The Balaban J connectivity index is 1.47. The van der Waals surface area contributed by atoms with Crippen molar-refractivity contribution >= 4 is 38.9 Å². The van der Waals surface area contributed by atoms with Crippen molar-refractivity contribution in [3.05, 3.63) is 70.3 Å². The first kappa shape index (κ1) is 26.3. The Bertz CT molecular complexity index is 1360.